The van der Waals surface area contributed by atoms with Crippen LogP contribution in [0.4, 0.5) is 22.0 Å². The molecule has 0 saturated heterocycles. The second-order valence-corrected chi connectivity index (χ2v) is 10.6. The van der Waals surface area contributed by atoms with E-state index >= 15 is 0 Å². The third-order valence-corrected chi connectivity index (χ3v) is 7.95. The number of hydrogen-bond acceptors (Lipinski definition) is 5. The van der Waals surface area contributed by atoms with Gasteiger partial charge in [-0.15, -0.1) is 0 Å². The number of imidazole rings is 1. The van der Waals surface area contributed by atoms with E-state index in [1.165, 1.54) is 23.9 Å². The molecule has 0 spiro atoms. The zero-order valence-electron chi connectivity index (χ0n) is 23.0. The van der Waals surface area contributed by atoms with Gasteiger partial charge in [0.05, 0.1) is 18.2 Å². The number of hydrogen-bond donors (Lipinski definition) is 2. The second kappa shape index (κ2) is 10.6. The molecule has 3 aromatic carbocycles. The van der Waals surface area contributed by atoms with Gasteiger partial charge in [0, 0.05) is 40.7 Å². The lowest BCUT2D eigenvalue weighted by atomic mass is 9.84. The van der Waals surface area contributed by atoms with Gasteiger partial charge in [-0.25, -0.2) is 13.8 Å². The van der Waals surface area contributed by atoms with E-state index in [0.29, 0.717) is 17.4 Å². The van der Waals surface area contributed by atoms with Crippen LogP contribution in [0.25, 0.3) is 16.8 Å². The summed E-state index contributed by atoms with van der Waals surface area (Å²) in [6, 6.07) is 11.1. The van der Waals surface area contributed by atoms with Gasteiger partial charge in [0.25, 0.3) is 5.91 Å². The Bertz CT molecular complexity index is 2030. The van der Waals surface area contributed by atoms with Crippen molar-refractivity contribution in [2.24, 2.45) is 5.73 Å². The summed E-state index contributed by atoms with van der Waals surface area (Å²) in [7, 11) is 1.45. The van der Waals surface area contributed by atoms with E-state index in [1.807, 2.05) is 0 Å². The molecule has 1 aliphatic rings. The average molecular weight is 643 g/mol. The Morgan fingerprint density at radius 2 is 1.78 bits per heavy atom. The molecule has 0 bridgehead atoms. The van der Waals surface area contributed by atoms with E-state index in [2.05, 4.69) is 4.98 Å². The second-order valence-electron chi connectivity index (χ2n) is 10.2. The number of methoxy groups -OCH3 is 1. The van der Waals surface area contributed by atoms with Gasteiger partial charge in [0.1, 0.15) is 28.7 Å². The van der Waals surface area contributed by atoms with Crippen molar-refractivity contribution >= 4 is 29.1 Å². The molecule has 3 heterocycles. The standard InChI is InChI=1S/C31H20ClF5N4O4/c1-45-18-5-2-15(3-6-18)14-41-29(43)27-26(30(41,44)21-11-16(33)4-7-23(21)32)19(13-24-39-8-9-40(24)27)25-20(28(38)42)10-17(34)12-22(25)31(35,36)37/h2-13,44H,14H2,1H3,(H2,38,42). The normalized spacial score (nSPS) is 16.4. The first-order chi connectivity index (χ1) is 21.2. The molecule has 3 N–H and O–H groups in total. The van der Waals surface area contributed by atoms with Crippen molar-refractivity contribution in [2.45, 2.75) is 18.4 Å². The minimum Gasteiger partial charge on any atom is -0.497 e. The number of alkyl halides is 3. The molecule has 1 atom stereocenters. The van der Waals surface area contributed by atoms with E-state index in [9.17, 15) is 36.6 Å². The minimum absolute atomic E-state index is 0.0519. The summed E-state index contributed by atoms with van der Waals surface area (Å²) >= 11 is 6.49. The number of nitrogens with zero attached hydrogens (tertiary/aromatic N) is 3. The van der Waals surface area contributed by atoms with Crippen LogP contribution >= 0.6 is 11.6 Å². The Morgan fingerprint density at radius 3 is 2.42 bits per heavy atom. The first kappa shape index (κ1) is 30.0. The SMILES string of the molecule is COc1ccc(CN2C(=O)c3c(c(-c4c(C(N)=O)cc(F)cc4C(F)(F)F)cc4nccn34)C2(O)c2cc(F)ccc2Cl)cc1. The number of halogens is 6. The molecular formula is C31H20ClF5N4O4. The predicted octanol–water partition coefficient (Wildman–Crippen LogP) is 5.91. The molecule has 8 nitrogen and oxygen atoms in total. The van der Waals surface area contributed by atoms with Gasteiger partial charge in [-0.05, 0) is 59.7 Å². The molecule has 0 saturated carbocycles. The molecule has 230 valence electrons. The van der Waals surface area contributed by atoms with Gasteiger partial charge in [0.15, 0.2) is 5.72 Å². The Kier molecular flexibility index (Phi) is 7.05. The quantitative estimate of drug-likeness (QED) is 0.224. The number of ether oxygens (including phenoxy) is 1. The van der Waals surface area contributed by atoms with Crippen LogP contribution in [0, 0.1) is 11.6 Å². The number of aliphatic hydroxyl groups is 1. The summed E-state index contributed by atoms with van der Waals surface area (Å²) in [6.45, 7) is -0.352. The van der Waals surface area contributed by atoms with Crippen molar-refractivity contribution in [2.75, 3.05) is 7.11 Å². The first-order valence-corrected chi connectivity index (χ1v) is 13.5. The number of carbonyl (C=O) groups excluding carboxylic acids is 2. The number of pyridine rings is 1. The average Bonchev–Trinajstić information content (AvgIpc) is 3.55. The lowest BCUT2D eigenvalue weighted by molar-refractivity contribution is -0.137. The van der Waals surface area contributed by atoms with Crippen LogP contribution in [0.15, 0.2) is 73.1 Å². The number of nitrogens with two attached hydrogens (primary N) is 1. The zero-order chi connectivity index (χ0) is 32.4. The van der Waals surface area contributed by atoms with Crippen LogP contribution in [0.2, 0.25) is 5.02 Å². The predicted molar refractivity (Wildman–Crippen MR) is 151 cm³/mol. The Hall–Kier alpha value is -5.01. The largest absolute Gasteiger partial charge is 0.497 e. The topological polar surface area (TPSA) is 110 Å². The number of aromatic nitrogens is 2. The number of carbonyl (C=O) groups is 2. The summed E-state index contributed by atoms with van der Waals surface area (Å²) in [5.74, 6) is -4.12. The summed E-state index contributed by atoms with van der Waals surface area (Å²) in [5.41, 5.74) is -2.05. The fourth-order valence-corrected chi connectivity index (χ4v) is 5.94. The molecule has 5 aromatic rings. The Labute approximate surface area is 256 Å². The van der Waals surface area contributed by atoms with E-state index in [-0.39, 0.29) is 34.5 Å². The number of benzene rings is 3. The molecule has 1 unspecified atom stereocenters. The third kappa shape index (κ3) is 4.75. The van der Waals surface area contributed by atoms with Crippen LogP contribution in [0.1, 0.15) is 43.1 Å². The highest BCUT2D eigenvalue weighted by atomic mass is 35.5. The van der Waals surface area contributed by atoms with Gasteiger partial charge in [-0.2, -0.15) is 13.2 Å². The maximum Gasteiger partial charge on any atom is 0.417 e. The van der Waals surface area contributed by atoms with E-state index in [0.717, 1.165) is 29.2 Å². The van der Waals surface area contributed by atoms with Crippen LogP contribution < -0.4 is 10.5 Å². The zero-order valence-corrected chi connectivity index (χ0v) is 23.7. The van der Waals surface area contributed by atoms with Gasteiger partial charge in [-0.1, -0.05) is 23.7 Å². The number of rotatable bonds is 6. The minimum atomic E-state index is -5.24. The lowest BCUT2D eigenvalue weighted by Crippen LogP contribution is -2.44. The number of primary amides is 1. The van der Waals surface area contributed by atoms with Gasteiger partial charge < -0.3 is 15.6 Å². The van der Waals surface area contributed by atoms with Crippen LogP contribution in [-0.2, 0) is 18.4 Å². The fourth-order valence-electron chi connectivity index (χ4n) is 5.69. The van der Waals surface area contributed by atoms with Crippen LogP contribution in [-0.4, -0.2) is 38.3 Å². The summed E-state index contributed by atoms with van der Waals surface area (Å²) in [5, 5.41) is 12.5. The van der Waals surface area contributed by atoms with Crippen molar-refractivity contribution in [3.63, 3.8) is 0 Å². The van der Waals surface area contributed by atoms with Crippen molar-refractivity contribution in [1.29, 1.82) is 0 Å². The third-order valence-electron chi connectivity index (χ3n) is 7.62. The molecule has 1 aliphatic heterocycles. The highest BCUT2D eigenvalue weighted by molar-refractivity contribution is 6.31. The van der Waals surface area contributed by atoms with E-state index in [1.54, 1.807) is 24.3 Å². The van der Waals surface area contributed by atoms with Gasteiger partial charge in [0.2, 0.25) is 5.91 Å². The molecule has 0 fully saturated rings. The molecule has 0 aliphatic carbocycles. The molecule has 2 aromatic heterocycles. The Morgan fingerprint density at radius 1 is 1.07 bits per heavy atom. The molecule has 2 amide bonds. The molecule has 0 radical (unpaired) electrons. The van der Waals surface area contributed by atoms with Gasteiger partial charge in [-0.3, -0.25) is 18.9 Å². The maximum atomic E-state index is 14.8. The number of amides is 2. The van der Waals surface area contributed by atoms with Crippen LogP contribution in [0.3, 0.4) is 0 Å². The lowest BCUT2D eigenvalue weighted by Gasteiger charge is -2.36. The molecule has 6 rings (SSSR count). The van der Waals surface area contributed by atoms with Crippen molar-refractivity contribution in [3.05, 3.63) is 123 Å². The highest BCUT2D eigenvalue weighted by Gasteiger charge is 2.55. The Balaban J connectivity index is 1.76. The fraction of sp³-hybridized carbons (Fsp3) is 0.129. The maximum absolute atomic E-state index is 14.8. The summed E-state index contributed by atoms with van der Waals surface area (Å²) in [4.78, 5) is 31.9. The van der Waals surface area contributed by atoms with Gasteiger partial charge >= 0.3 is 6.18 Å². The molecule has 45 heavy (non-hydrogen) atoms. The first-order valence-electron chi connectivity index (χ1n) is 13.1. The van der Waals surface area contributed by atoms with Crippen LogP contribution in [0.5, 0.6) is 5.75 Å². The van der Waals surface area contributed by atoms with Crippen molar-refractivity contribution < 1.29 is 41.4 Å². The highest BCUT2D eigenvalue weighted by Crippen LogP contribution is 2.52. The monoisotopic (exact) mass is 642 g/mol. The smallest absolute Gasteiger partial charge is 0.417 e. The molecule has 14 heteroatoms. The van der Waals surface area contributed by atoms with E-state index in [4.69, 9.17) is 22.1 Å². The summed E-state index contributed by atoms with van der Waals surface area (Å²) in [6.07, 6.45) is -2.64. The van der Waals surface area contributed by atoms with E-state index < -0.39 is 63.2 Å². The summed E-state index contributed by atoms with van der Waals surface area (Å²) < 4.78 is 79.3. The van der Waals surface area contributed by atoms with Crippen molar-refractivity contribution in [3.8, 4) is 16.9 Å². The molecular weight excluding hydrogens is 623 g/mol. The van der Waals surface area contributed by atoms with Crippen molar-refractivity contribution in [1.82, 2.24) is 14.3 Å². The number of fused-ring (bicyclic) bond motifs is 3.